The highest BCUT2D eigenvalue weighted by Crippen LogP contribution is 2.38. The molecule has 0 saturated carbocycles. The molecule has 164 valence electrons. The molecule has 0 saturated heterocycles. The highest BCUT2D eigenvalue weighted by atomic mass is 16.5. The molecule has 0 aliphatic carbocycles. The summed E-state index contributed by atoms with van der Waals surface area (Å²) in [4.78, 5) is 24.4. The molecule has 0 aliphatic heterocycles. The first-order chi connectivity index (χ1) is 15.0. The van der Waals surface area contributed by atoms with E-state index in [9.17, 15) is 9.59 Å². The lowest BCUT2D eigenvalue weighted by Crippen LogP contribution is -2.35. The number of amides is 2. The first-order valence-corrected chi connectivity index (χ1v) is 9.26. The van der Waals surface area contributed by atoms with Gasteiger partial charge in [-0.3, -0.25) is 9.59 Å². The quantitative estimate of drug-likeness (QED) is 0.323. The molecule has 2 amide bonds. The number of rotatable bonds is 11. The van der Waals surface area contributed by atoms with E-state index in [1.807, 2.05) is 12.1 Å². The van der Waals surface area contributed by atoms with Crippen LogP contribution in [0.25, 0.3) is 0 Å². The van der Waals surface area contributed by atoms with E-state index in [1.165, 1.54) is 39.7 Å². The van der Waals surface area contributed by atoms with Gasteiger partial charge >= 0.3 is 0 Å². The molecule has 2 aromatic rings. The SMILES string of the molecule is C=CCOc1ccccc1C=NNC(=O)CNC(=O)c1cc(OC)c(OC)c(OC)c1. The van der Waals surface area contributed by atoms with Crippen LogP contribution in [-0.2, 0) is 4.79 Å². The fourth-order valence-corrected chi connectivity index (χ4v) is 2.56. The van der Waals surface area contributed by atoms with E-state index in [1.54, 1.807) is 18.2 Å². The molecule has 0 aromatic heterocycles. The molecule has 0 spiro atoms. The highest BCUT2D eigenvalue weighted by molar-refractivity contribution is 5.97. The molecule has 0 radical (unpaired) electrons. The minimum absolute atomic E-state index is 0.249. The van der Waals surface area contributed by atoms with E-state index in [2.05, 4.69) is 22.4 Å². The molecular formula is C22H25N3O6. The van der Waals surface area contributed by atoms with Crippen LogP contribution < -0.4 is 29.7 Å². The van der Waals surface area contributed by atoms with Crippen molar-refractivity contribution in [3.63, 3.8) is 0 Å². The summed E-state index contributed by atoms with van der Waals surface area (Å²) < 4.78 is 21.2. The van der Waals surface area contributed by atoms with Gasteiger partial charge in [0.05, 0.1) is 34.1 Å². The minimum Gasteiger partial charge on any atom is -0.493 e. The molecule has 0 atom stereocenters. The Morgan fingerprint density at radius 3 is 2.32 bits per heavy atom. The van der Waals surface area contributed by atoms with E-state index in [0.29, 0.717) is 35.2 Å². The lowest BCUT2D eigenvalue weighted by Gasteiger charge is -2.14. The standard InChI is InChI=1S/C22H25N3O6/c1-5-10-31-17-9-7-6-8-15(17)13-24-25-20(26)14-23-22(27)16-11-18(28-2)21(30-4)19(12-16)29-3/h5-9,11-13H,1,10,14H2,2-4H3,(H,23,27)(H,25,26). The summed E-state index contributed by atoms with van der Waals surface area (Å²) in [5.41, 5.74) is 3.29. The Morgan fingerprint density at radius 1 is 1.03 bits per heavy atom. The lowest BCUT2D eigenvalue weighted by molar-refractivity contribution is -0.120. The number of carbonyl (C=O) groups is 2. The zero-order chi connectivity index (χ0) is 22.6. The summed E-state index contributed by atoms with van der Waals surface area (Å²) in [6.45, 7) is 3.68. The van der Waals surface area contributed by atoms with Gasteiger partial charge < -0.3 is 24.3 Å². The predicted molar refractivity (Wildman–Crippen MR) is 116 cm³/mol. The summed E-state index contributed by atoms with van der Waals surface area (Å²) >= 11 is 0. The van der Waals surface area contributed by atoms with E-state index < -0.39 is 11.8 Å². The monoisotopic (exact) mass is 427 g/mol. The number of nitrogens with one attached hydrogen (secondary N) is 2. The van der Waals surface area contributed by atoms with Gasteiger partial charge in [-0.15, -0.1) is 0 Å². The van der Waals surface area contributed by atoms with E-state index in [-0.39, 0.29) is 12.1 Å². The number of carbonyl (C=O) groups excluding carboxylic acids is 2. The van der Waals surface area contributed by atoms with Crippen LogP contribution in [0.5, 0.6) is 23.0 Å². The molecular weight excluding hydrogens is 402 g/mol. The number of benzene rings is 2. The number of hydrazone groups is 1. The second-order valence-electron chi connectivity index (χ2n) is 6.03. The van der Waals surface area contributed by atoms with Crippen LogP contribution in [0.2, 0.25) is 0 Å². The Kier molecular flexibility index (Phi) is 8.90. The first kappa shape index (κ1) is 23.3. The van der Waals surface area contributed by atoms with Crippen molar-refractivity contribution >= 4 is 18.0 Å². The van der Waals surface area contributed by atoms with Crippen LogP contribution in [0.1, 0.15) is 15.9 Å². The highest BCUT2D eigenvalue weighted by Gasteiger charge is 2.17. The zero-order valence-electron chi connectivity index (χ0n) is 17.6. The number of para-hydroxylation sites is 1. The third kappa shape index (κ3) is 6.49. The predicted octanol–water partition coefficient (Wildman–Crippen LogP) is 2.16. The molecule has 2 aromatic carbocycles. The van der Waals surface area contributed by atoms with Crippen LogP contribution in [0, 0.1) is 0 Å². The second-order valence-corrected chi connectivity index (χ2v) is 6.03. The molecule has 0 fully saturated rings. The fraction of sp³-hybridized carbons (Fsp3) is 0.227. The third-order valence-electron chi connectivity index (χ3n) is 4.01. The Labute approximate surface area is 180 Å². The zero-order valence-corrected chi connectivity index (χ0v) is 17.6. The van der Waals surface area contributed by atoms with Crippen molar-refractivity contribution in [3.8, 4) is 23.0 Å². The summed E-state index contributed by atoms with van der Waals surface area (Å²) in [5, 5.41) is 6.41. The van der Waals surface area contributed by atoms with Crippen LogP contribution in [-0.4, -0.2) is 52.5 Å². The Hall–Kier alpha value is -4.01. The number of hydrogen-bond donors (Lipinski definition) is 2. The van der Waals surface area contributed by atoms with Crippen LogP contribution in [0.15, 0.2) is 54.2 Å². The van der Waals surface area contributed by atoms with Crippen molar-refractivity contribution in [3.05, 3.63) is 60.2 Å². The van der Waals surface area contributed by atoms with E-state index in [4.69, 9.17) is 18.9 Å². The second kappa shape index (κ2) is 11.9. The van der Waals surface area contributed by atoms with E-state index >= 15 is 0 Å². The molecule has 0 bridgehead atoms. The van der Waals surface area contributed by atoms with Gasteiger partial charge in [-0.1, -0.05) is 24.8 Å². The van der Waals surface area contributed by atoms with Crippen molar-refractivity contribution < 1.29 is 28.5 Å². The van der Waals surface area contributed by atoms with Crippen LogP contribution in [0.4, 0.5) is 0 Å². The number of ether oxygens (including phenoxy) is 4. The number of methoxy groups -OCH3 is 3. The van der Waals surface area contributed by atoms with Gasteiger partial charge in [-0.2, -0.15) is 5.10 Å². The summed E-state index contributed by atoms with van der Waals surface area (Å²) in [5.74, 6) is 0.655. The van der Waals surface area contributed by atoms with Gasteiger partial charge in [0, 0.05) is 11.1 Å². The van der Waals surface area contributed by atoms with Crippen molar-refractivity contribution in [1.82, 2.24) is 10.7 Å². The lowest BCUT2D eigenvalue weighted by atomic mass is 10.1. The maximum Gasteiger partial charge on any atom is 0.259 e. The Bertz CT molecular complexity index is 933. The van der Waals surface area contributed by atoms with Gasteiger partial charge in [-0.25, -0.2) is 5.43 Å². The van der Waals surface area contributed by atoms with E-state index in [0.717, 1.165) is 0 Å². The fourth-order valence-electron chi connectivity index (χ4n) is 2.56. The molecule has 2 rings (SSSR count). The van der Waals surface area contributed by atoms with Crippen molar-refractivity contribution in [2.75, 3.05) is 34.5 Å². The summed E-state index contributed by atoms with van der Waals surface area (Å²) in [6, 6.07) is 10.2. The topological polar surface area (TPSA) is 107 Å². The van der Waals surface area contributed by atoms with Crippen molar-refractivity contribution in [2.45, 2.75) is 0 Å². The minimum atomic E-state index is -0.499. The normalized spacial score (nSPS) is 10.3. The van der Waals surface area contributed by atoms with Crippen LogP contribution in [0.3, 0.4) is 0 Å². The van der Waals surface area contributed by atoms with Crippen molar-refractivity contribution in [1.29, 1.82) is 0 Å². The van der Waals surface area contributed by atoms with Crippen LogP contribution >= 0.6 is 0 Å². The first-order valence-electron chi connectivity index (χ1n) is 9.26. The van der Waals surface area contributed by atoms with Crippen molar-refractivity contribution in [2.24, 2.45) is 5.10 Å². The molecule has 2 N–H and O–H groups in total. The van der Waals surface area contributed by atoms with Gasteiger partial charge in [0.2, 0.25) is 5.75 Å². The maximum atomic E-state index is 12.4. The number of hydrogen-bond acceptors (Lipinski definition) is 7. The molecule has 0 heterocycles. The average Bonchev–Trinajstić information content (AvgIpc) is 2.80. The maximum absolute atomic E-state index is 12.4. The third-order valence-corrected chi connectivity index (χ3v) is 4.01. The molecule has 9 heteroatoms. The van der Waals surface area contributed by atoms with Gasteiger partial charge in [0.1, 0.15) is 12.4 Å². The smallest absolute Gasteiger partial charge is 0.259 e. The summed E-state index contributed by atoms with van der Waals surface area (Å²) in [6.07, 6.45) is 3.09. The molecule has 0 aliphatic rings. The largest absolute Gasteiger partial charge is 0.493 e. The van der Waals surface area contributed by atoms with Gasteiger partial charge in [0.25, 0.3) is 11.8 Å². The Balaban J connectivity index is 1.95. The number of nitrogens with zero attached hydrogens (tertiary/aromatic N) is 1. The van der Waals surface area contributed by atoms with Gasteiger partial charge in [0.15, 0.2) is 11.5 Å². The summed E-state index contributed by atoms with van der Waals surface area (Å²) in [7, 11) is 4.37. The molecule has 0 unspecified atom stereocenters. The molecule has 9 nitrogen and oxygen atoms in total. The molecule has 31 heavy (non-hydrogen) atoms. The Morgan fingerprint density at radius 2 is 1.71 bits per heavy atom. The van der Waals surface area contributed by atoms with Gasteiger partial charge in [-0.05, 0) is 24.3 Å². The average molecular weight is 427 g/mol.